The van der Waals surface area contributed by atoms with Gasteiger partial charge in [-0.15, -0.1) is 0 Å². The molecular weight excluding hydrogens is 174 g/mol. The number of hydrogen-bond donors (Lipinski definition) is 0. The van der Waals surface area contributed by atoms with Crippen molar-refractivity contribution in [3.63, 3.8) is 0 Å². The van der Waals surface area contributed by atoms with Gasteiger partial charge in [0.05, 0.1) is 0 Å². The Balaban J connectivity index is 2.64. The largest absolute Gasteiger partial charge is 0.300 e. The summed E-state index contributed by atoms with van der Waals surface area (Å²) in [7, 11) is 0. The van der Waals surface area contributed by atoms with Crippen LogP contribution in [-0.2, 0) is 4.79 Å². The van der Waals surface area contributed by atoms with Crippen LogP contribution in [0.5, 0.6) is 0 Å². The number of piperidine rings is 1. The predicted octanol–water partition coefficient (Wildman–Crippen LogP) is 2.47. The van der Waals surface area contributed by atoms with Gasteiger partial charge in [0.2, 0.25) is 0 Å². The van der Waals surface area contributed by atoms with Crippen LogP contribution in [0.25, 0.3) is 0 Å². The minimum absolute atomic E-state index is 0.300. The smallest absolute Gasteiger partial charge is 0.135 e. The van der Waals surface area contributed by atoms with Crippen LogP contribution in [0.4, 0.5) is 0 Å². The van der Waals surface area contributed by atoms with Crippen LogP contribution < -0.4 is 0 Å². The third-order valence-corrected chi connectivity index (χ3v) is 3.49. The van der Waals surface area contributed by atoms with Gasteiger partial charge >= 0.3 is 0 Å². The minimum Gasteiger partial charge on any atom is -0.300 e. The number of carbonyl (C=O) groups is 1. The average Bonchev–Trinajstić information content (AvgIpc) is 2.01. The summed E-state index contributed by atoms with van der Waals surface area (Å²) in [5, 5.41) is 0. The highest BCUT2D eigenvalue weighted by atomic mass is 16.1. The molecule has 0 N–H and O–H groups in total. The molecule has 2 heteroatoms. The number of hydrogen-bond acceptors (Lipinski definition) is 2. The molecule has 2 unspecified atom stereocenters. The first kappa shape index (κ1) is 11.7. The molecule has 1 fully saturated rings. The standard InChI is InChI=1S/C12H23NO/c1-9-8-11(14)6-7-13(9)10(2)12(3,4)5/h9-10H,6-8H2,1-5H3. The lowest BCUT2D eigenvalue weighted by Crippen LogP contribution is -2.50. The average molecular weight is 197 g/mol. The van der Waals surface area contributed by atoms with Gasteiger partial charge in [0.1, 0.15) is 5.78 Å². The molecule has 1 rings (SSSR count). The van der Waals surface area contributed by atoms with E-state index in [1.807, 2.05) is 0 Å². The van der Waals surface area contributed by atoms with Crippen molar-refractivity contribution in [3.8, 4) is 0 Å². The van der Waals surface area contributed by atoms with E-state index in [9.17, 15) is 4.79 Å². The topological polar surface area (TPSA) is 20.3 Å². The van der Waals surface area contributed by atoms with Crippen molar-refractivity contribution in [1.82, 2.24) is 4.90 Å². The first-order valence-electron chi connectivity index (χ1n) is 5.60. The van der Waals surface area contributed by atoms with Crippen LogP contribution in [0.3, 0.4) is 0 Å². The second-order valence-corrected chi connectivity index (χ2v) is 5.62. The third kappa shape index (κ3) is 2.57. The summed E-state index contributed by atoms with van der Waals surface area (Å²) in [5.41, 5.74) is 0.300. The molecule has 14 heavy (non-hydrogen) atoms. The molecule has 1 heterocycles. The Labute approximate surface area is 87.7 Å². The van der Waals surface area contributed by atoms with Crippen molar-refractivity contribution >= 4 is 5.78 Å². The fourth-order valence-electron chi connectivity index (χ4n) is 2.10. The second-order valence-electron chi connectivity index (χ2n) is 5.62. The Hall–Kier alpha value is -0.370. The van der Waals surface area contributed by atoms with E-state index in [1.165, 1.54) is 0 Å². The van der Waals surface area contributed by atoms with Crippen molar-refractivity contribution in [2.45, 2.75) is 59.5 Å². The van der Waals surface area contributed by atoms with Crippen molar-refractivity contribution in [2.75, 3.05) is 6.54 Å². The molecule has 0 spiro atoms. The van der Waals surface area contributed by atoms with Crippen LogP contribution in [-0.4, -0.2) is 29.3 Å². The van der Waals surface area contributed by atoms with E-state index >= 15 is 0 Å². The van der Waals surface area contributed by atoms with Gasteiger partial charge in [-0.3, -0.25) is 9.69 Å². The number of rotatable bonds is 1. The van der Waals surface area contributed by atoms with Crippen molar-refractivity contribution < 1.29 is 4.79 Å². The quantitative estimate of drug-likeness (QED) is 0.643. The molecule has 1 aliphatic heterocycles. The predicted molar refractivity (Wildman–Crippen MR) is 59.3 cm³/mol. The van der Waals surface area contributed by atoms with E-state index in [2.05, 4.69) is 39.5 Å². The first-order valence-corrected chi connectivity index (χ1v) is 5.60. The molecule has 0 aromatic heterocycles. The maximum atomic E-state index is 11.3. The fourth-order valence-corrected chi connectivity index (χ4v) is 2.10. The molecule has 0 aliphatic carbocycles. The number of ketones is 1. The molecule has 0 amide bonds. The maximum Gasteiger partial charge on any atom is 0.135 e. The summed E-state index contributed by atoms with van der Waals surface area (Å²) >= 11 is 0. The molecule has 0 radical (unpaired) electrons. The number of nitrogens with zero attached hydrogens (tertiary/aromatic N) is 1. The van der Waals surface area contributed by atoms with Gasteiger partial charge in [-0.1, -0.05) is 20.8 Å². The zero-order valence-electron chi connectivity index (χ0n) is 10.1. The Morgan fingerprint density at radius 3 is 2.43 bits per heavy atom. The van der Waals surface area contributed by atoms with Crippen LogP contribution in [0, 0.1) is 5.41 Å². The molecule has 0 aromatic carbocycles. The van der Waals surface area contributed by atoms with E-state index < -0.39 is 0 Å². The van der Waals surface area contributed by atoms with Gasteiger partial charge in [0, 0.05) is 31.5 Å². The molecule has 0 bridgehead atoms. The summed E-state index contributed by atoms with van der Waals surface area (Å²) in [6.07, 6.45) is 1.48. The maximum absolute atomic E-state index is 11.3. The Kier molecular flexibility index (Phi) is 3.36. The van der Waals surface area contributed by atoms with Crippen molar-refractivity contribution in [3.05, 3.63) is 0 Å². The molecular formula is C12H23NO. The highest BCUT2D eigenvalue weighted by molar-refractivity contribution is 5.79. The van der Waals surface area contributed by atoms with Crippen molar-refractivity contribution in [1.29, 1.82) is 0 Å². The van der Waals surface area contributed by atoms with Gasteiger partial charge in [-0.25, -0.2) is 0 Å². The Bertz CT molecular complexity index is 217. The summed E-state index contributed by atoms with van der Waals surface area (Å²) in [4.78, 5) is 13.7. The lowest BCUT2D eigenvalue weighted by Gasteiger charge is -2.43. The second kappa shape index (κ2) is 4.01. The zero-order valence-corrected chi connectivity index (χ0v) is 10.1. The molecule has 2 nitrogen and oxygen atoms in total. The van der Waals surface area contributed by atoms with Crippen LogP contribution >= 0.6 is 0 Å². The van der Waals surface area contributed by atoms with Crippen LogP contribution in [0.2, 0.25) is 0 Å². The zero-order chi connectivity index (χ0) is 10.9. The van der Waals surface area contributed by atoms with Gasteiger partial charge < -0.3 is 0 Å². The van der Waals surface area contributed by atoms with Crippen LogP contribution in [0.1, 0.15) is 47.5 Å². The third-order valence-electron chi connectivity index (χ3n) is 3.49. The van der Waals surface area contributed by atoms with Gasteiger partial charge in [-0.2, -0.15) is 0 Å². The number of likely N-dealkylation sites (tertiary alicyclic amines) is 1. The van der Waals surface area contributed by atoms with E-state index in [-0.39, 0.29) is 0 Å². The first-order chi connectivity index (χ1) is 6.32. The Morgan fingerprint density at radius 1 is 1.43 bits per heavy atom. The SMILES string of the molecule is CC1CC(=O)CCN1C(C)C(C)(C)C. The van der Waals surface area contributed by atoms with Crippen molar-refractivity contribution in [2.24, 2.45) is 5.41 Å². The fraction of sp³-hybridized carbons (Fsp3) is 0.917. The van der Waals surface area contributed by atoms with Gasteiger partial charge in [0.15, 0.2) is 0 Å². The summed E-state index contributed by atoms with van der Waals surface area (Å²) in [5.74, 6) is 0.426. The van der Waals surface area contributed by atoms with E-state index in [1.54, 1.807) is 0 Å². The highest BCUT2D eigenvalue weighted by Crippen LogP contribution is 2.28. The molecule has 1 saturated heterocycles. The van der Waals surface area contributed by atoms with Gasteiger partial charge in [-0.05, 0) is 19.3 Å². The van der Waals surface area contributed by atoms with E-state index in [0.29, 0.717) is 23.3 Å². The Morgan fingerprint density at radius 2 is 2.00 bits per heavy atom. The summed E-state index contributed by atoms with van der Waals surface area (Å²) < 4.78 is 0. The molecule has 1 aliphatic rings. The number of Topliss-reactive ketones (excluding diaryl/α,β-unsaturated/α-hetero) is 1. The number of carbonyl (C=O) groups excluding carboxylic acids is 1. The normalized spacial score (nSPS) is 27.8. The molecule has 0 saturated carbocycles. The molecule has 82 valence electrons. The minimum atomic E-state index is 0.300. The molecule has 2 atom stereocenters. The highest BCUT2D eigenvalue weighted by Gasteiger charge is 2.32. The van der Waals surface area contributed by atoms with E-state index in [0.717, 1.165) is 19.4 Å². The lowest BCUT2D eigenvalue weighted by molar-refractivity contribution is -0.124. The summed E-state index contributed by atoms with van der Waals surface area (Å²) in [6.45, 7) is 12.2. The van der Waals surface area contributed by atoms with E-state index in [4.69, 9.17) is 0 Å². The lowest BCUT2D eigenvalue weighted by atomic mass is 9.84. The molecule has 0 aromatic rings. The summed E-state index contributed by atoms with van der Waals surface area (Å²) in [6, 6.07) is 0.969. The monoisotopic (exact) mass is 197 g/mol. The van der Waals surface area contributed by atoms with Crippen LogP contribution in [0.15, 0.2) is 0 Å². The van der Waals surface area contributed by atoms with Gasteiger partial charge in [0.25, 0.3) is 0 Å².